The molecule has 0 bridgehead atoms. The standard InChI is InChI=1S/C28H17F3N2O5/c29-28(30,31)16-3-1-4-17(12-16)33-26(35)20-6-2-5-18-19(8-9-21(24(18)20)27(33)36)25(34)32-13-15-7-10-22-23(11-15)38-14-37-22/h1-12H,13-14H2,(H,32,34). The predicted octanol–water partition coefficient (Wildman–Crippen LogP) is 5.32. The van der Waals surface area contributed by atoms with Crippen LogP contribution in [-0.2, 0) is 12.7 Å². The smallest absolute Gasteiger partial charge is 0.416 e. The van der Waals surface area contributed by atoms with Gasteiger partial charge in [0.25, 0.3) is 17.7 Å². The maximum absolute atomic E-state index is 13.4. The first kappa shape index (κ1) is 23.5. The van der Waals surface area contributed by atoms with Crippen molar-refractivity contribution >= 4 is 34.2 Å². The molecular formula is C28H17F3N2O5. The molecule has 2 heterocycles. The Balaban J connectivity index is 1.33. The van der Waals surface area contributed by atoms with E-state index in [-0.39, 0.29) is 41.1 Å². The third-order valence-electron chi connectivity index (χ3n) is 6.47. The number of anilines is 1. The number of fused-ring (bicyclic) bond motifs is 1. The number of amides is 3. The molecule has 1 N–H and O–H groups in total. The summed E-state index contributed by atoms with van der Waals surface area (Å²) in [6.45, 7) is 0.327. The molecule has 0 unspecified atom stereocenters. The van der Waals surface area contributed by atoms with Gasteiger partial charge in [-0.15, -0.1) is 0 Å². The Labute approximate surface area is 213 Å². The van der Waals surface area contributed by atoms with E-state index in [1.807, 2.05) is 0 Å². The molecule has 4 aromatic carbocycles. The van der Waals surface area contributed by atoms with Gasteiger partial charge in [0.05, 0.1) is 11.3 Å². The first-order valence-electron chi connectivity index (χ1n) is 11.5. The predicted molar refractivity (Wildman–Crippen MR) is 130 cm³/mol. The van der Waals surface area contributed by atoms with E-state index in [1.54, 1.807) is 30.3 Å². The molecule has 0 aromatic heterocycles. The number of hydrogen-bond donors (Lipinski definition) is 1. The van der Waals surface area contributed by atoms with Crippen LogP contribution in [0.15, 0.2) is 72.8 Å². The Morgan fingerprint density at radius 1 is 0.868 bits per heavy atom. The SMILES string of the molecule is O=C(NCc1ccc2c(c1)OCO2)c1ccc2c3c(cccc13)C(=O)N(c1cccc(C(F)(F)F)c1)C2=O. The molecule has 38 heavy (non-hydrogen) atoms. The number of nitrogens with one attached hydrogen (secondary N) is 1. The van der Waals surface area contributed by atoms with Crippen LogP contribution < -0.4 is 19.7 Å². The van der Waals surface area contributed by atoms with E-state index >= 15 is 0 Å². The normalized spacial score (nSPS) is 14.2. The number of halogens is 3. The highest BCUT2D eigenvalue weighted by Crippen LogP contribution is 2.37. The van der Waals surface area contributed by atoms with Crippen molar-refractivity contribution < 1.29 is 37.0 Å². The minimum absolute atomic E-state index is 0.111. The fourth-order valence-corrected chi connectivity index (χ4v) is 4.68. The Hall–Kier alpha value is -4.86. The van der Waals surface area contributed by atoms with Crippen LogP contribution in [0.2, 0.25) is 0 Å². The van der Waals surface area contributed by atoms with Crippen molar-refractivity contribution in [3.8, 4) is 11.5 Å². The average molecular weight is 518 g/mol. The van der Waals surface area contributed by atoms with Crippen molar-refractivity contribution in [3.05, 3.63) is 101 Å². The summed E-state index contributed by atoms with van der Waals surface area (Å²) in [5.41, 5.74) is 0.0869. The van der Waals surface area contributed by atoms with Gasteiger partial charge in [-0.3, -0.25) is 14.4 Å². The highest BCUT2D eigenvalue weighted by Gasteiger charge is 2.37. The molecule has 0 aliphatic carbocycles. The maximum Gasteiger partial charge on any atom is 0.416 e. The van der Waals surface area contributed by atoms with Gasteiger partial charge in [0.1, 0.15) is 0 Å². The van der Waals surface area contributed by atoms with E-state index in [2.05, 4.69) is 5.32 Å². The summed E-state index contributed by atoms with van der Waals surface area (Å²) in [5.74, 6) is -0.764. The molecule has 0 atom stereocenters. The van der Waals surface area contributed by atoms with Crippen LogP contribution in [0.4, 0.5) is 18.9 Å². The van der Waals surface area contributed by atoms with E-state index in [9.17, 15) is 27.6 Å². The number of carbonyl (C=O) groups excluding carboxylic acids is 3. The fourth-order valence-electron chi connectivity index (χ4n) is 4.68. The molecule has 0 fully saturated rings. The van der Waals surface area contributed by atoms with Gasteiger partial charge in [-0.1, -0.05) is 24.3 Å². The van der Waals surface area contributed by atoms with Crippen LogP contribution in [0.25, 0.3) is 10.8 Å². The first-order chi connectivity index (χ1) is 18.2. The molecule has 2 aliphatic rings. The van der Waals surface area contributed by atoms with Crippen molar-refractivity contribution in [3.63, 3.8) is 0 Å². The van der Waals surface area contributed by atoms with Crippen LogP contribution in [-0.4, -0.2) is 24.5 Å². The molecule has 6 rings (SSSR count). The topological polar surface area (TPSA) is 84.9 Å². The molecular weight excluding hydrogens is 501 g/mol. The molecule has 7 nitrogen and oxygen atoms in total. The summed E-state index contributed by atoms with van der Waals surface area (Å²) in [4.78, 5) is 40.6. The second-order valence-electron chi connectivity index (χ2n) is 8.75. The van der Waals surface area contributed by atoms with E-state index in [0.717, 1.165) is 28.7 Å². The number of imide groups is 1. The molecule has 0 radical (unpaired) electrons. The summed E-state index contributed by atoms with van der Waals surface area (Å²) in [5, 5.41) is 3.49. The average Bonchev–Trinajstić information content (AvgIpc) is 3.38. The highest BCUT2D eigenvalue weighted by atomic mass is 19.4. The highest BCUT2D eigenvalue weighted by molar-refractivity contribution is 6.36. The lowest BCUT2D eigenvalue weighted by atomic mass is 9.90. The second-order valence-corrected chi connectivity index (χ2v) is 8.75. The monoisotopic (exact) mass is 518 g/mol. The lowest BCUT2D eigenvalue weighted by Crippen LogP contribution is -2.40. The zero-order valence-corrected chi connectivity index (χ0v) is 19.5. The van der Waals surface area contributed by atoms with Gasteiger partial charge in [0.15, 0.2) is 11.5 Å². The number of carbonyl (C=O) groups is 3. The largest absolute Gasteiger partial charge is 0.454 e. The van der Waals surface area contributed by atoms with Gasteiger partial charge in [-0.05, 0) is 59.5 Å². The zero-order chi connectivity index (χ0) is 26.6. The van der Waals surface area contributed by atoms with E-state index in [0.29, 0.717) is 16.9 Å². The maximum atomic E-state index is 13.4. The number of alkyl halides is 3. The third kappa shape index (κ3) is 3.81. The van der Waals surface area contributed by atoms with Gasteiger partial charge in [-0.25, -0.2) is 4.90 Å². The van der Waals surface area contributed by atoms with Gasteiger partial charge >= 0.3 is 6.18 Å². The van der Waals surface area contributed by atoms with E-state index in [4.69, 9.17) is 9.47 Å². The number of rotatable bonds is 4. The van der Waals surface area contributed by atoms with Crippen LogP contribution in [0.1, 0.15) is 42.2 Å². The second kappa shape index (κ2) is 8.62. The van der Waals surface area contributed by atoms with Gasteiger partial charge in [0.2, 0.25) is 6.79 Å². The summed E-state index contributed by atoms with van der Waals surface area (Å²) >= 11 is 0. The molecule has 0 saturated carbocycles. The summed E-state index contributed by atoms with van der Waals surface area (Å²) in [7, 11) is 0. The minimum Gasteiger partial charge on any atom is -0.454 e. The third-order valence-corrected chi connectivity index (χ3v) is 6.47. The summed E-state index contributed by atoms with van der Waals surface area (Å²) < 4.78 is 50.4. The van der Waals surface area contributed by atoms with E-state index < -0.39 is 29.5 Å². The molecule has 4 aromatic rings. The van der Waals surface area contributed by atoms with Crippen LogP contribution in [0, 0.1) is 0 Å². The van der Waals surface area contributed by atoms with Crippen molar-refractivity contribution in [1.82, 2.24) is 5.32 Å². The minimum atomic E-state index is -4.64. The van der Waals surface area contributed by atoms with Crippen molar-refractivity contribution in [2.24, 2.45) is 0 Å². The van der Waals surface area contributed by atoms with Crippen LogP contribution in [0.5, 0.6) is 11.5 Å². The lowest BCUT2D eigenvalue weighted by Gasteiger charge is -2.28. The zero-order valence-electron chi connectivity index (χ0n) is 19.5. The summed E-state index contributed by atoms with van der Waals surface area (Å²) in [6.07, 6.45) is -4.64. The summed E-state index contributed by atoms with van der Waals surface area (Å²) in [6, 6.07) is 16.9. The van der Waals surface area contributed by atoms with Crippen LogP contribution in [0.3, 0.4) is 0 Å². The van der Waals surface area contributed by atoms with Crippen LogP contribution >= 0.6 is 0 Å². The Kier molecular flexibility index (Phi) is 5.34. The number of benzene rings is 4. The number of ether oxygens (including phenoxy) is 2. The molecule has 10 heteroatoms. The Morgan fingerprint density at radius 3 is 2.39 bits per heavy atom. The molecule has 2 aliphatic heterocycles. The molecule has 190 valence electrons. The molecule has 0 spiro atoms. The quantitative estimate of drug-likeness (QED) is 0.370. The first-order valence-corrected chi connectivity index (χ1v) is 11.5. The van der Waals surface area contributed by atoms with Crippen molar-refractivity contribution in [2.45, 2.75) is 12.7 Å². The Bertz CT molecular complexity index is 1640. The Morgan fingerprint density at radius 2 is 1.61 bits per heavy atom. The number of nitrogens with zero attached hydrogens (tertiary/aromatic N) is 1. The van der Waals surface area contributed by atoms with Gasteiger partial charge in [0, 0.05) is 28.6 Å². The van der Waals surface area contributed by atoms with Crippen molar-refractivity contribution in [2.75, 3.05) is 11.7 Å². The van der Waals surface area contributed by atoms with Gasteiger partial charge in [-0.2, -0.15) is 13.2 Å². The fraction of sp³-hybridized carbons (Fsp3) is 0.107. The number of hydrogen-bond acceptors (Lipinski definition) is 5. The van der Waals surface area contributed by atoms with Crippen molar-refractivity contribution in [1.29, 1.82) is 0 Å². The lowest BCUT2D eigenvalue weighted by molar-refractivity contribution is -0.137. The molecule has 3 amide bonds. The van der Waals surface area contributed by atoms with E-state index in [1.165, 1.54) is 24.3 Å². The molecule has 0 saturated heterocycles. The van der Waals surface area contributed by atoms with Gasteiger partial charge < -0.3 is 14.8 Å².